The van der Waals surface area contributed by atoms with Gasteiger partial charge >= 0.3 is 5.97 Å². The molecule has 1 unspecified atom stereocenters. The Morgan fingerprint density at radius 1 is 1.06 bits per heavy atom. The standard InChI is InChI=1S/C20H35INO2.C7H8O3S/c1-3-4-5-6-7-8-9-12-18-24-20(23)19(2)22(17-13-14-21)15-10-11-16-22;1-6-2-4-7(5-3-6)11(8,9)10/h19H,3-12,15-18H2,1-2H3;2-5H,1H3,(H,8,9,10)/q+1;/p-1. The number of rotatable bonds is 13. The second-order valence-corrected chi connectivity index (χ2v) is 11.3. The van der Waals surface area contributed by atoms with Gasteiger partial charge < -0.3 is 13.8 Å². The van der Waals surface area contributed by atoms with Crippen molar-refractivity contribution in [2.24, 2.45) is 0 Å². The summed E-state index contributed by atoms with van der Waals surface area (Å²) in [6.07, 6.45) is 12.5. The highest BCUT2D eigenvalue weighted by atomic mass is 127. The molecule has 0 amide bonds. The Labute approximate surface area is 226 Å². The Morgan fingerprint density at radius 3 is 2.11 bits per heavy atom. The molecule has 198 valence electrons. The van der Waals surface area contributed by atoms with Gasteiger partial charge in [-0.05, 0) is 42.2 Å². The quantitative estimate of drug-likeness (QED) is 0.0680. The molecule has 8 heteroatoms. The number of likely N-dealkylation sites (tertiary alicyclic amines) is 1. The first-order valence-electron chi connectivity index (χ1n) is 12.8. The fourth-order valence-corrected chi connectivity index (χ4v) is 4.93. The minimum atomic E-state index is -4.27. The van der Waals surface area contributed by atoms with Gasteiger partial charge in [-0.1, -0.05) is 69.6 Å². The summed E-state index contributed by atoms with van der Waals surface area (Å²) in [5.74, 6) is 3.14. The molecule has 0 N–H and O–H groups in total. The molecule has 1 fully saturated rings. The maximum absolute atomic E-state index is 12.4. The summed E-state index contributed by atoms with van der Waals surface area (Å²) in [7, 11) is -4.27. The van der Waals surface area contributed by atoms with E-state index in [0.29, 0.717) is 6.61 Å². The lowest BCUT2D eigenvalue weighted by Gasteiger charge is -2.36. The van der Waals surface area contributed by atoms with Gasteiger partial charge in [0.1, 0.15) is 16.7 Å². The topological polar surface area (TPSA) is 83.5 Å². The SMILES string of the molecule is CCCCCCCCCCOC(=O)C(C)[N+]1(CC#CI)CCCC1.Cc1ccc(S(=O)(=O)[O-])cc1. The first kappa shape index (κ1) is 31.9. The molecule has 1 aromatic rings. The lowest BCUT2D eigenvalue weighted by molar-refractivity contribution is -0.924. The van der Waals surface area contributed by atoms with E-state index in [1.807, 2.05) is 13.8 Å². The summed E-state index contributed by atoms with van der Waals surface area (Å²) in [5, 5.41) is 0. The molecule has 1 aliphatic heterocycles. The Balaban J connectivity index is 0.000000462. The summed E-state index contributed by atoms with van der Waals surface area (Å²) in [6, 6.07) is 5.70. The van der Waals surface area contributed by atoms with E-state index in [1.165, 1.54) is 69.9 Å². The van der Waals surface area contributed by atoms with Crippen molar-refractivity contribution < 1.29 is 27.0 Å². The molecule has 1 aromatic carbocycles. The minimum absolute atomic E-state index is 0.0323. The number of carbonyl (C=O) groups is 1. The number of halogens is 1. The van der Waals surface area contributed by atoms with Crippen molar-refractivity contribution in [3.63, 3.8) is 0 Å². The van der Waals surface area contributed by atoms with Crippen molar-refractivity contribution in [3.05, 3.63) is 29.8 Å². The molecule has 2 rings (SSSR count). The molecular formula is C27H42INO5S. The van der Waals surface area contributed by atoms with E-state index in [4.69, 9.17) is 4.74 Å². The molecule has 0 radical (unpaired) electrons. The van der Waals surface area contributed by atoms with E-state index >= 15 is 0 Å². The van der Waals surface area contributed by atoms with Crippen LogP contribution in [0.2, 0.25) is 0 Å². The summed E-state index contributed by atoms with van der Waals surface area (Å²) < 4.78 is 40.5. The van der Waals surface area contributed by atoms with Crippen molar-refractivity contribution >= 4 is 38.7 Å². The lowest BCUT2D eigenvalue weighted by atomic mass is 10.1. The molecule has 0 aromatic heterocycles. The van der Waals surface area contributed by atoms with Gasteiger partial charge in [0.15, 0.2) is 6.04 Å². The molecule has 0 bridgehead atoms. The molecule has 6 nitrogen and oxygen atoms in total. The predicted octanol–water partition coefficient (Wildman–Crippen LogP) is 5.96. The Kier molecular flexibility index (Phi) is 15.8. The maximum Gasteiger partial charge on any atom is 0.364 e. The average Bonchev–Trinajstić information content (AvgIpc) is 3.31. The number of esters is 1. The van der Waals surface area contributed by atoms with Crippen molar-refractivity contribution in [2.75, 3.05) is 26.2 Å². The normalized spacial score (nSPS) is 15.3. The van der Waals surface area contributed by atoms with Crippen LogP contribution in [0.25, 0.3) is 0 Å². The van der Waals surface area contributed by atoms with E-state index < -0.39 is 10.1 Å². The molecule has 35 heavy (non-hydrogen) atoms. The van der Waals surface area contributed by atoms with Crippen LogP contribution in [0.5, 0.6) is 0 Å². The van der Waals surface area contributed by atoms with Crippen LogP contribution in [-0.2, 0) is 19.6 Å². The van der Waals surface area contributed by atoms with Crippen LogP contribution in [0.4, 0.5) is 0 Å². The number of hydrogen-bond acceptors (Lipinski definition) is 5. The zero-order chi connectivity index (χ0) is 26.2. The van der Waals surface area contributed by atoms with Crippen LogP contribution in [0.3, 0.4) is 0 Å². The number of quaternary nitrogens is 1. The molecule has 1 heterocycles. The third kappa shape index (κ3) is 12.6. The van der Waals surface area contributed by atoms with Gasteiger partial charge in [-0.25, -0.2) is 13.2 Å². The van der Waals surface area contributed by atoms with E-state index in [-0.39, 0.29) is 16.9 Å². The van der Waals surface area contributed by atoms with Gasteiger partial charge in [-0.3, -0.25) is 0 Å². The van der Waals surface area contributed by atoms with Crippen LogP contribution in [0.15, 0.2) is 29.2 Å². The largest absolute Gasteiger partial charge is 0.744 e. The summed E-state index contributed by atoms with van der Waals surface area (Å²) in [4.78, 5) is 12.2. The molecule has 0 spiro atoms. The van der Waals surface area contributed by atoms with Crippen LogP contribution in [-0.4, -0.2) is 55.7 Å². The van der Waals surface area contributed by atoms with Crippen molar-refractivity contribution in [3.8, 4) is 9.85 Å². The molecular weight excluding hydrogens is 577 g/mol. The Morgan fingerprint density at radius 2 is 1.60 bits per heavy atom. The molecule has 1 saturated heterocycles. The number of aryl methyl sites for hydroxylation is 1. The highest BCUT2D eigenvalue weighted by molar-refractivity contribution is 14.1. The van der Waals surface area contributed by atoms with Gasteiger partial charge in [0.25, 0.3) is 0 Å². The number of unbranched alkanes of at least 4 members (excludes halogenated alkanes) is 7. The Hall–Kier alpha value is -1.15. The number of hydrogen-bond donors (Lipinski definition) is 0. The van der Waals surface area contributed by atoms with Gasteiger partial charge in [-0.15, -0.1) is 0 Å². The Bertz CT molecular complexity index is 900. The number of benzene rings is 1. The average molecular weight is 620 g/mol. The zero-order valence-corrected chi connectivity index (χ0v) is 24.5. The van der Waals surface area contributed by atoms with Gasteiger partial charge in [-0.2, -0.15) is 0 Å². The fourth-order valence-electron chi connectivity index (χ4n) is 4.29. The first-order valence-corrected chi connectivity index (χ1v) is 15.3. The van der Waals surface area contributed by atoms with Crippen LogP contribution in [0.1, 0.15) is 83.6 Å². The maximum atomic E-state index is 12.4. The second-order valence-electron chi connectivity index (χ2n) is 9.39. The van der Waals surface area contributed by atoms with Crippen molar-refractivity contribution in [1.29, 1.82) is 0 Å². The third-order valence-corrected chi connectivity index (χ3v) is 7.86. The highest BCUT2D eigenvalue weighted by Gasteiger charge is 2.41. The minimum Gasteiger partial charge on any atom is -0.744 e. The first-order chi connectivity index (χ1) is 16.7. The van der Waals surface area contributed by atoms with Crippen molar-refractivity contribution in [1.82, 2.24) is 0 Å². The number of nitrogens with zero attached hydrogens (tertiary/aromatic N) is 1. The van der Waals surface area contributed by atoms with E-state index in [2.05, 4.69) is 39.4 Å². The summed E-state index contributed by atoms with van der Waals surface area (Å²) in [5.41, 5.74) is 0.928. The predicted molar refractivity (Wildman–Crippen MR) is 148 cm³/mol. The summed E-state index contributed by atoms with van der Waals surface area (Å²) in [6.45, 7) is 9.56. The lowest BCUT2D eigenvalue weighted by Crippen LogP contribution is -2.56. The number of carbonyl (C=O) groups excluding carboxylic acids is 1. The molecule has 0 saturated carbocycles. The third-order valence-electron chi connectivity index (χ3n) is 6.63. The zero-order valence-electron chi connectivity index (χ0n) is 21.6. The van der Waals surface area contributed by atoms with Crippen LogP contribution >= 0.6 is 22.6 Å². The highest BCUT2D eigenvalue weighted by Crippen LogP contribution is 2.24. The number of ether oxygens (including phenoxy) is 1. The fraction of sp³-hybridized carbons (Fsp3) is 0.667. The van der Waals surface area contributed by atoms with E-state index in [1.54, 1.807) is 12.1 Å². The van der Waals surface area contributed by atoms with Gasteiger partial charge in [0.05, 0.1) is 24.6 Å². The summed E-state index contributed by atoms with van der Waals surface area (Å²) >= 11 is 2.08. The van der Waals surface area contributed by atoms with Crippen LogP contribution < -0.4 is 0 Å². The van der Waals surface area contributed by atoms with Crippen molar-refractivity contribution in [2.45, 2.75) is 95.9 Å². The van der Waals surface area contributed by atoms with Gasteiger partial charge in [0.2, 0.25) is 0 Å². The molecule has 0 aliphatic carbocycles. The monoisotopic (exact) mass is 619 g/mol. The second kappa shape index (κ2) is 17.3. The van der Waals surface area contributed by atoms with Gasteiger partial charge in [0, 0.05) is 35.4 Å². The smallest absolute Gasteiger partial charge is 0.364 e. The van der Waals surface area contributed by atoms with Crippen LogP contribution in [0, 0.1) is 16.8 Å². The van der Waals surface area contributed by atoms with E-state index in [9.17, 15) is 17.8 Å². The van der Waals surface area contributed by atoms with E-state index in [0.717, 1.165) is 36.1 Å². The molecule has 1 atom stereocenters. The molecule has 1 aliphatic rings.